The zero-order valence-corrected chi connectivity index (χ0v) is 16.1. The highest BCUT2D eigenvalue weighted by Crippen LogP contribution is 2.42. The van der Waals surface area contributed by atoms with E-state index >= 15 is 0 Å². The van der Waals surface area contributed by atoms with Crippen molar-refractivity contribution in [2.24, 2.45) is 4.99 Å². The fourth-order valence-corrected chi connectivity index (χ4v) is 3.06. The standard InChI is InChI=1S/C19H15BrN4O3/c1-25-13-7-15(26-2)14-9-21-17-18(24-12-5-3-4-11(20)6-12)22-10-23-19(17)27-16(14)8-13/h3-10H,1-2H3,(H,22,23,24). The van der Waals surface area contributed by atoms with Crippen LogP contribution in [0.1, 0.15) is 5.56 Å². The van der Waals surface area contributed by atoms with Crippen molar-refractivity contribution in [1.29, 1.82) is 0 Å². The second-order valence-electron chi connectivity index (χ2n) is 5.61. The number of ether oxygens (including phenoxy) is 3. The van der Waals surface area contributed by atoms with Gasteiger partial charge in [-0.25, -0.2) is 9.98 Å². The van der Waals surface area contributed by atoms with Gasteiger partial charge in [-0.1, -0.05) is 22.0 Å². The molecule has 8 heteroatoms. The van der Waals surface area contributed by atoms with E-state index in [1.165, 1.54) is 6.33 Å². The maximum atomic E-state index is 6.00. The topological polar surface area (TPSA) is 77.9 Å². The molecule has 0 saturated heterocycles. The molecule has 3 aromatic rings. The Balaban J connectivity index is 1.77. The second-order valence-corrected chi connectivity index (χ2v) is 6.53. The minimum atomic E-state index is 0.341. The third-order valence-corrected chi connectivity index (χ3v) is 4.43. The second kappa shape index (κ2) is 7.24. The minimum absolute atomic E-state index is 0.341. The van der Waals surface area contributed by atoms with Gasteiger partial charge in [-0.15, -0.1) is 0 Å². The molecule has 0 saturated carbocycles. The Bertz CT molecular complexity index is 1040. The van der Waals surface area contributed by atoms with E-state index in [0.29, 0.717) is 40.2 Å². The average molecular weight is 427 g/mol. The van der Waals surface area contributed by atoms with Crippen LogP contribution >= 0.6 is 15.9 Å². The first-order valence-electron chi connectivity index (χ1n) is 8.03. The van der Waals surface area contributed by atoms with Crippen molar-refractivity contribution in [1.82, 2.24) is 9.97 Å². The van der Waals surface area contributed by atoms with Crippen LogP contribution in [0.5, 0.6) is 23.1 Å². The predicted octanol–water partition coefficient (Wildman–Crippen LogP) is 4.86. The average Bonchev–Trinajstić information content (AvgIpc) is 2.87. The molecular weight excluding hydrogens is 412 g/mol. The lowest BCUT2D eigenvalue weighted by molar-refractivity contribution is 0.385. The molecule has 1 aliphatic rings. The summed E-state index contributed by atoms with van der Waals surface area (Å²) in [4.78, 5) is 13.1. The Morgan fingerprint density at radius 2 is 1.96 bits per heavy atom. The van der Waals surface area contributed by atoms with Crippen LogP contribution < -0.4 is 19.5 Å². The molecule has 0 unspecified atom stereocenters. The number of benzene rings is 2. The largest absolute Gasteiger partial charge is 0.496 e. The summed E-state index contributed by atoms with van der Waals surface area (Å²) in [5, 5.41) is 3.25. The molecule has 0 radical (unpaired) electrons. The van der Waals surface area contributed by atoms with Gasteiger partial charge in [0.15, 0.2) is 11.5 Å². The molecule has 0 atom stereocenters. The van der Waals surface area contributed by atoms with E-state index in [4.69, 9.17) is 14.2 Å². The summed E-state index contributed by atoms with van der Waals surface area (Å²) in [5.41, 5.74) is 2.06. The number of methoxy groups -OCH3 is 2. The number of aliphatic imine (C=N–C) groups is 1. The number of hydrogen-bond acceptors (Lipinski definition) is 7. The Morgan fingerprint density at radius 3 is 2.74 bits per heavy atom. The van der Waals surface area contributed by atoms with E-state index in [1.54, 1.807) is 32.6 Å². The highest BCUT2D eigenvalue weighted by Gasteiger charge is 2.21. The van der Waals surface area contributed by atoms with E-state index in [2.05, 4.69) is 36.2 Å². The molecule has 0 aliphatic carbocycles. The number of anilines is 2. The van der Waals surface area contributed by atoms with Crippen LogP contribution in [0.3, 0.4) is 0 Å². The molecule has 2 heterocycles. The number of hydrogen-bond donors (Lipinski definition) is 1. The fraction of sp³-hybridized carbons (Fsp3) is 0.105. The predicted molar refractivity (Wildman–Crippen MR) is 106 cm³/mol. The summed E-state index contributed by atoms with van der Waals surface area (Å²) in [7, 11) is 3.17. The Labute approximate surface area is 164 Å². The maximum Gasteiger partial charge on any atom is 0.250 e. The first kappa shape index (κ1) is 17.3. The van der Waals surface area contributed by atoms with E-state index in [0.717, 1.165) is 10.2 Å². The number of nitrogens with zero attached hydrogens (tertiary/aromatic N) is 3. The molecule has 0 bridgehead atoms. The van der Waals surface area contributed by atoms with Crippen LogP contribution in [0.4, 0.5) is 17.2 Å². The number of halogens is 1. The molecule has 1 aromatic heterocycles. The van der Waals surface area contributed by atoms with Gasteiger partial charge in [0.25, 0.3) is 5.88 Å². The molecule has 0 spiro atoms. The van der Waals surface area contributed by atoms with E-state index < -0.39 is 0 Å². The molecule has 2 aromatic carbocycles. The Morgan fingerprint density at radius 1 is 1.07 bits per heavy atom. The third kappa shape index (κ3) is 3.43. The van der Waals surface area contributed by atoms with Crippen molar-refractivity contribution in [3.63, 3.8) is 0 Å². The van der Waals surface area contributed by atoms with Gasteiger partial charge in [-0.3, -0.25) is 0 Å². The maximum absolute atomic E-state index is 6.00. The fourth-order valence-electron chi connectivity index (χ4n) is 2.66. The minimum Gasteiger partial charge on any atom is -0.496 e. The number of aromatic nitrogens is 2. The molecule has 1 aliphatic heterocycles. The van der Waals surface area contributed by atoms with Crippen molar-refractivity contribution in [3.05, 3.63) is 52.8 Å². The summed E-state index contributed by atoms with van der Waals surface area (Å²) in [6.07, 6.45) is 3.10. The first-order valence-corrected chi connectivity index (χ1v) is 8.83. The zero-order valence-electron chi connectivity index (χ0n) is 14.6. The normalized spacial score (nSPS) is 11.7. The highest BCUT2D eigenvalue weighted by atomic mass is 79.9. The van der Waals surface area contributed by atoms with Gasteiger partial charge in [0, 0.05) is 28.5 Å². The molecular formula is C19H15BrN4O3. The van der Waals surface area contributed by atoms with Gasteiger partial charge in [-0.05, 0) is 18.2 Å². The van der Waals surface area contributed by atoms with Crippen molar-refractivity contribution < 1.29 is 14.2 Å². The number of nitrogens with one attached hydrogen (secondary N) is 1. The van der Waals surface area contributed by atoms with Gasteiger partial charge in [0.1, 0.15) is 23.6 Å². The van der Waals surface area contributed by atoms with Gasteiger partial charge < -0.3 is 19.5 Å². The van der Waals surface area contributed by atoms with Gasteiger partial charge in [-0.2, -0.15) is 4.98 Å². The van der Waals surface area contributed by atoms with Crippen molar-refractivity contribution in [3.8, 4) is 23.1 Å². The SMILES string of the molecule is COc1cc(OC)c2c(c1)Oc1ncnc(Nc3cccc(Br)c3)c1N=C2. The van der Waals surface area contributed by atoms with Crippen LogP contribution in [0.15, 0.2) is 52.2 Å². The van der Waals surface area contributed by atoms with Crippen molar-refractivity contribution >= 4 is 39.3 Å². The first-order chi connectivity index (χ1) is 13.2. The van der Waals surface area contributed by atoms with Crippen molar-refractivity contribution in [2.45, 2.75) is 0 Å². The molecule has 27 heavy (non-hydrogen) atoms. The van der Waals surface area contributed by atoms with Crippen LogP contribution in [0, 0.1) is 0 Å². The molecule has 4 rings (SSSR count). The zero-order chi connectivity index (χ0) is 18.8. The quantitative estimate of drug-likeness (QED) is 0.502. The van der Waals surface area contributed by atoms with E-state index in [-0.39, 0.29) is 0 Å². The summed E-state index contributed by atoms with van der Waals surface area (Å²) < 4.78 is 17.7. The monoisotopic (exact) mass is 426 g/mol. The van der Waals surface area contributed by atoms with E-state index in [1.807, 2.05) is 24.3 Å². The smallest absolute Gasteiger partial charge is 0.250 e. The molecule has 136 valence electrons. The number of fused-ring (bicyclic) bond motifs is 2. The molecule has 0 fully saturated rings. The van der Waals surface area contributed by atoms with Gasteiger partial charge in [0.05, 0.1) is 19.8 Å². The lowest BCUT2D eigenvalue weighted by Crippen LogP contribution is -1.98. The summed E-state index contributed by atoms with van der Waals surface area (Å²) in [5.74, 6) is 2.63. The highest BCUT2D eigenvalue weighted by molar-refractivity contribution is 9.10. The lowest BCUT2D eigenvalue weighted by atomic mass is 10.2. The Kier molecular flexibility index (Phi) is 4.64. The van der Waals surface area contributed by atoms with Gasteiger partial charge in [0.2, 0.25) is 0 Å². The lowest BCUT2D eigenvalue weighted by Gasteiger charge is -2.13. The summed E-state index contributed by atoms with van der Waals surface area (Å²) in [6.45, 7) is 0. The Hall–Kier alpha value is -3.13. The summed E-state index contributed by atoms with van der Waals surface area (Å²) >= 11 is 3.46. The van der Waals surface area contributed by atoms with Crippen LogP contribution in [0.2, 0.25) is 0 Å². The van der Waals surface area contributed by atoms with Crippen LogP contribution in [-0.2, 0) is 0 Å². The third-order valence-electron chi connectivity index (χ3n) is 3.94. The summed E-state index contributed by atoms with van der Waals surface area (Å²) in [6, 6.07) is 11.3. The number of rotatable bonds is 4. The van der Waals surface area contributed by atoms with Gasteiger partial charge >= 0.3 is 0 Å². The van der Waals surface area contributed by atoms with Crippen molar-refractivity contribution in [2.75, 3.05) is 19.5 Å². The van der Waals surface area contributed by atoms with Crippen LogP contribution in [-0.4, -0.2) is 30.4 Å². The van der Waals surface area contributed by atoms with Crippen LogP contribution in [0.25, 0.3) is 0 Å². The van der Waals surface area contributed by atoms with E-state index in [9.17, 15) is 0 Å². The molecule has 1 N–H and O–H groups in total. The molecule has 7 nitrogen and oxygen atoms in total. The molecule has 0 amide bonds.